The summed E-state index contributed by atoms with van der Waals surface area (Å²) in [5.74, 6) is 1.08. The number of esters is 1. The van der Waals surface area contributed by atoms with Crippen molar-refractivity contribution in [3.8, 4) is 11.3 Å². The van der Waals surface area contributed by atoms with Crippen LogP contribution in [0.1, 0.15) is 26.6 Å². The van der Waals surface area contributed by atoms with Gasteiger partial charge in [-0.25, -0.2) is 4.98 Å². The van der Waals surface area contributed by atoms with Crippen LogP contribution in [0.15, 0.2) is 41.5 Å². The van der Waals surface area contributed by atoms with Gasteiger partial charge in [0.15, 0.2) is 5.96 Å². The largest absolute Gasteiger partial charge is 0.459 e. The molecule has 0 aliphatic rings. The lowest BCUT2D eigenvalue weighted by Gasteiger charge is -2.23. The van der Waals surface area contributed by atoms with E-state index in [-0.39, 0.29) is 12.5 Å². The maximum Gasteiger partial charge on any atom is 0.325 e. The second-order valence-corrected chi connectivity index (χ2v) is 6.95. The van der Waals surface area contributed by atoms with Crippen LogP contribution in [0.25, 0.3) is 11.3 Å². The van der Waals surface area contributed by atoms with Crippen LogP contribution in [0.2, 0.25) is 0 Å². The third-order valence-corrected chi connectivity index (χ3v) is 3.48. The molecule has 0 aliphatic carbocycles. The molecule has 2 rings (SSSR count). The van der Waals surface area contributed by atoms with Gasteiger partial charge < -0.3 is 19.9 Å². The van der Waals surface area contributed by atoms with Crippen molar-refractivity contribution < 1.29 is 9.53 Å². The molecule has 2 aromatic rings. The maximum absolute atomic E-state index is 11.8. The van der Waals surface area contributed by atoms with E-state index in [0.717, 1.165) is 17.1 Å². The number of aromatic amines is 1. The second kappa shape index (κ2) is 8.51. The molecule has 140 valence electrons. The number of aliphatic imine (C=N–C) groups is 1. The van der Waals surface area contributed by atoms with Gasteiger partial charge in [-0.15, -0.1) is 0 Å². The summed E-state index contributed by atoms with van der Waals surface area (Å²) in [5.41, 5.74) is 1.54. The zero-order chi connectivity index (χ0) is 19.2. The van der Waals surface area contributed by atoms with Crippen molar-refractivity contribution in [2.45, 2.75) is 32.9 Å². The smallest absolute Gasteiger partial charge is 0.325 e. The number of benzene rings is 1. The van der Waals surface area contributed by atoms with Crippen molar-refractivity contribution >= 4 is 11.9 Å². The number of guanidine groups is 1. The van der Waals surface area contributed by atoms with Crippen LogP contribution >= 0.6 is 0 Å². The first-order valence-electron chi connectivity index (χ1n) is 8.51. The average Bonchev–Trinajstić information content (AvgIpc) is 3.03. The van der Waals surface area contributed by atoms with Crippen molar-refractivity contribution in [2.24, 2.45) is 4.99 Å². The quantitative estimate of drug-likeness (QED) is 0.488. The molecule has 0 radical (unpaired) electrons. The van der Waals surface area contributed by atoms with E-state index in [1.54, 1.807) is 7.05 Å². The van der Waals surface area contributed by atoms with Crippen molar-refractivity contribution in [3.05, 3.63) is 42.4 Å². The zero-order valence-electron chi connectivity index (χ0n) is 16.0. The predicted molar refractivity (Wildman–Crippen MR) is 103 cm³/mol. The van der Waals surface area contributed by atoms with Crippen LogP contribution in [0.5, 0.6) is 0 Å². The number of ether oxygens (including phenoxy) is 1. The van der Waals surface area contributed by atoms with E-state index >= 15 is 0 Å². The van der Waals surface area contributed by atoms with Crippen molar-refractivity contribution in [1.29, 1.82) is 0 Å². The molecule has 0 saturated heterocycles. The molecule has 0 atom stereocenters. The van der Waals surface area contributed by atoms with Gasteiger partial charge in [0.1, 0.15) is 18.0 Å². The monoisotopic (exact) mass is 357 g/mol. The lowest BCUT2D eigenvalue weighted by atomic mass is 10.2. The number of hydrogen-bond acceptors (Lipinski definition) is 4. The molecular weight excluding hydrogens is 330 g/mol. The number of H-pyrrole nitrogens is 1. The first-order chi connectivity index (χ1) is 12.3. The minimum atomic E-state index is -0.504. The SMILES string of the molecule is CN=C(NCC(=O)OC(C)(C)C)N(C)Cc1ncc(-c2ccccc2)[nH]1. The number of carbonyl (C=O) groups is 1. The zero-order valence-corrected chi connectivity index (χ0v) is 16.0. The van der Waals surface area contributed by atoms with E-state index < -0.39 is 5.60 Å². The summed E-state index contributed by atoms with van der Waals surface area (Å²) in [4.78, 5) is 25.7. The Kier molecular flexibility index (Phi) is 6.38. The highest BCUT2D eigenvalue weighted by Gasteiger charge is 2.17. The maximum atomic E-state index is 11.8. The standard InChI is InChI=1S/C19H27N5O2/c1-19(2,3)26-17(25)12-22-18(20-4)24(5)13-16-21-11-15(23-16)14-9-7-6-8-10-14/h6-11H,12-13H2,1-5H3,(H,20,22)(H,21,23). The third-order valence-electron chi connectivity index (χ3n) is 3.48. The lowest BCUT2D eigenvalue weighted by Crippen LogP contribution is -2.42. The Bertz CT molecular complexity index is 747. The normalized spacial score (nSPS) is 12.0. The topological polar surface area (TPSA) is 82.6 Å². The van der Waals surface area contributed by atoms with E-state index in [1.165, 1.54) is 0 Å². The van der Waals surface area contributed by atoms with Gasteiger partial charge in [0.25, 0.3) is 0 Å². The fourth-order valence-corrected chi connectivity index (χ4v) is 2.42. The Morgan fingerprint density at radius 2 is 2.00 bits per heavy atom. The molecule has 0 spiro atoms. The molecule has 26 heavy (non-hydrogen) atoms. The fourth-order valence-electron chi connectivity index (χ4n) is 2.42. The van der Waals surface area contributed by atoms with Gasteiger partial charge in [-0.05, 0) is 26.3 Å². The van der Waals surface area contributed by atoms with E-state index in [0.29, 0.717) is 12.5 Å². The van der Waals surface area contributed by atoms with Crippen molar-refractivity contribution in [1.82, 2.24) is 20.2 Å². The van der Waals surface area contributed by atoms with Crippen LogP contribution in [-0.2, 0) is 16.1 Å². The first-order valence-corrected chi connectivity index (χ1v) is 8.51. The number of aromatic nitrogens is 2. The lowest BCUT2D eigenvalue weighted by molar-refractivity contribution is -0.153. The third kappa shape index (κ3) is 5.91. The molecule has 0 saturated carbocycles. The molecule has 7 nitrogen and oxygen atoms in total. The Balaban J connectivity index is 1.92. The summed E-state index contributed by atoms with van der Waals surface area (Å²) >= 11 is 0. The summed E-state index contributed by atoms with van der Waals surface area (Å²) in [5, 5.41) is 3.01. The van der Waals surface area contributed by atoms with Gasteiger partial charge in [-0.1, -0.05) is 30.3 Å². The van der Waals surface area contributed by atoms with E-state index in [4.69, 9.17) is 4.74 Å². The Morgan fingerprint density at radius 1 is 1.31 bits per heavy atom. The molecule has 1 aromatic heterocycles. The number of carbonyl (C=O) groups excluding carboxylic acids is 1. The molecule has 1 heterocycles. The molecule has 0 bridgehead atoms. The highest BCUT2D eigenvalue weighted by atomic mass is 16.6. The molecule has 0 amide bonds. The number of hydrogen-bond donors (Lipinski definition) is 2. The van der Waals surface area contributed by atoms with Crippen molar-refractivity contribution in [3.63, 3.8) is 0 Å². The predicted octanol–water partition coefficient (Wildman–Crippen LogP) is 2.43. The Labute approximate surface area is 154 Å². The molecule has 7 heteroatoms. The minimum absolute atomic E-state index is 0.0572. The molecule has 0 fully saturated rings. The highest BCUT2D eigenvalue weighted by molar-refractivity contribution is 5.84. The highest BCUT2D eigenvalue weighted by Crippen LogP contribution is 2.16. The van der Waals surface area contributed by atoms with Gasteiger partial charge in [0.05, 0.1) is 18.4 Å². The van der Waals surface area contributed by atoms with Crippen LogP contribution in [0, 0.1) is 0 Å². The van der Waals surface area contributed by atoms with Crippen LogP contribution in [-0.4, -0.2) is 53.0 Å². The summed E-state index contributed by atoms with van der Waals surface area (Å²) in [7, 11) is 3.56. The van der Waals surface area contributed by atoms with E-state index in [1.807, 2.05) is 69.2 Å². The Hall–Kier alpha value is -2.83. The summed E-state index contributed by atoms with van der Waals surface area (Å²) in [6, 6.07) is 10.0. The van der Waals surface area contributed by atoms with Crippen LogP contribution < -0.4 is 5.32 Å². The van der Waals surface area contributed by atoms with E-state index in [9.17, 15) is 4.79 Å². The second-order valence-electron chi connectivity index (χ2n) is 6.95. The van der Waals surface area contributed by atoms with Gasteiger partial charge in [0.2, 0.25) is 0 Å². The molecule has 0 aliphatic heterocycles. The summed E-state index contributed by atoms with van der Waals surface area (Å²) in [6.07, 6.45) is 1.81. The minimum Gasteiger partial charge on any atom is -0.459 e. The molecule has 1 aromatic carbocycles. The molecule has 0 unspecified atom stereocenters. The summed E-state index contributed by atoms with van der Waals surface area (Å²) < 4.78 is 5.29. The molecular formula is C19H27N5O2. The number of imidazole rings is 1. The van der Waals surface area contributed by atoms with Crippen molar-refractivity contribution in [2.75, 3.05) is 20.6 Å². The van der Waals surface area contributed by atoms with Crippen LogP contribution in [0.4, 0.5) is 0 Å². The number of nitrogens with one attached hydrogen (secondary N) is 2. The van der Waals surface area contributed by atoms with E-state index in [2.05, 4.69) is 20.3 Å². The van der Waals surface area contributed by atoms with Crippen LogP contribution in [0.3, 0.4) is 0 Å². The summed E-state index contributed by atoms with van der Waals surface area (Å²) in [6.45, 7) is 6.11. The number of nitrogens with zero attached hydrogens (tertiary/aromatic N) is 3. The van der Waals surface area contributed by atoms with Gasteiger partial charge >= 0.3 is 5.97 Å². The van der Waals surface area contributed by atoms with Gasteiger partial charge in [0, 0.05) is 14.1 Å². The average molecular weight is 357 g/mol. The van der Waals surface area contributed by atoms with Gasteiger partial charge in [-0.3, -0.25) is 9.79 Å². The molecule has 2 N–H and O–H groups in total. The van der Waals surface area contributed by atoms with Gasteiger partial charge in [-0.2, -0.15) is 0 Å². The number of rotatable bonds is 5. The fraction of sp³-hybridized carbons (Fsp3) is 0.421. The first kappa shape index (κ1) is 19.5. The Morgan fingerprint density at radius 3 is 2.62 bits per heavy atom.